The molecule has 3 fully saturated rings. The Kier molecular flexibility index (Phi) is 6.84. The summed E-state index contributed by atoms with van der Waals surface area (Å²) in [6, 6.07) is 22.9. The minimum atomic E-state index is -0.551. The molecule has 2 bridgehead atoms. The molecule has 0 aromatic heterocycles. The second-order valence-corrected chi connectivity index (χ2v) is 12.3. The van der Waals surface area contributed by atoms with Gasteiger partial charge in [0.15, 0.2) is 11.5 Å². The number of hydrogen-bond acceptors (Lipinski definition) is 5. The molecular weight excluding hydrogens is 512 g/mol. The van der Waals surface area contributed by atoms with Crippen molar-refractivity contribution < 1.29 is 23.7 Å². The van der Waals surface area contributed by atoms with E-state index in [2.05, 4.69) is 20.8 Å². The summed E-state index contributed by atoms with van der Waals surface area (Å²) in [5.74, 6) is 1.35. The van der Waals surface area contributed by atoms with Gasteiger partial charge >= 0.3 is 5.97 Å². The van der Waals surface area contributed by atoms with E-state index >= 15 is 0 Å². The molecule has 5 atom stereocenters. The van der Waals surface area contributed by atoms with Crippen LogP contribution in [0.5, 0.6) is 11.5 Å². The summed E-state index contributed by atoms with van der Waals surface area (Å²) in [6.07, 6.45) is 2.70. The molecule has 0 radical (unpaired) electrons. The van der Waals surface area contributed by atoms with Crippen molar-refractivity contribution in [1.29, 1.82) is 0 Å². The third-order valence-corrected chi connectivity index (χ3v) is 9.90. The van der Waals surface area contributed by atoms with Crippen LogP contribution in [0.25, 0.3) is 0 Å². The lowest BCUT2D eigenvalue weighted by molar-refractivity contribution is -0.139. The predicted octanol–water partition coefficient (Wildman–Crippen LogP) is 7.84. The summed E-state index contributed by atoms with van der Waals surface area (Å²) >= 11 is 6.67. The van der Waals surface area contributed by atoms with E-state index in [0.717, 1.165) is 24.0 Å². The molecule has 2 aliphatic carbocycles. The van der Waals surface area contributed by atoms with Gasteiger partial charge in [-0.2, -0.15) is 0 Å². The average molecular weight is 547 g/mol. The molecule has 0 amide bonds. The Labute approximate surface area is 235 Å². The number of halogens is 1. The Hall–Kier alpha value is -3.02. The molecule has 1 saturated heterocycles. The predicted molar refractivity (Wildman–Crippen MR) is 150 cm³/mol. The number of benzene rings is 3. The van der Waals surface area contributed by atoms with Gasteiger partial charge in [0.05, 0.1) is 16.7 Å². The van der Waals surface area contributed by atoms with Crippen molar-refractivity contribution in [2.75, 3.05) is 0 Å². The van der Waals surface area contributed by atoms with Gasteiger partial charge < -0.3 is 18.9 Å². The number of fused-ring (bicyclic) bond motifs is 5. The van der Waals surface area contributed by atoms with E-state index in [1.165, 1.54) is 6.42 Å². The molecule has 6 heteroatoms. The maximum Gasteiger partial charge on any atom is 0.340 e. The van der Waals surface area contributed by atoms with Gasteiger partial charge in [-0.3, -0.25) is 0 Å². The van der Waals surface area contributed by atoms with Crippen molar-refractivity contribution >= 4 is 17.6 Å². The van der Waals surface area contributed by atoms with E-state index in [1.54, 1.807) is 12.1 Å². The molecular formula is C33H35ClO5. The maximum atomic E-state index is 13.3. The van der Waals surface area contributed by atoms with Crippen LogP contribution in [-0.4, -0.2) is 18.4 Å². The lowest BCUT2D eigenvalue weighted by Crippen LogP contribution is -2.38. The molecule has 6 rings (SSSR count). The fourth-order valence-corrected chi connectivity index (χ4v) is 7.41. The number of hydrogen-bond donors (Lipinski definition) is 0. The third-order valence-electron chi connectivity index (χ3n) is 9.62. The Balaban J connectivity index is 1.20. The van der Waals surface area contributed by atoms with Crippen LogP contribution in [0.3, 0.4) is 0 Å². The zero-order valence-corrected chi connectivity index (χ0v) is 23.4. The zero-order chi connectivity index (χ0) is 27.2. The van der Waals surface area contributed by atoms with Crippen LogP contribution in [0.2, 0.25) is 5.02 Å². The van der Waals surface area contributed by atoms with Crippen LogP contribution in [0.4, 0.5) is 0 Å². The summed E-state index contributed by atoms with van der Waals surface area (Å²) in [4.78, 5) is 13.3. The highest BCUT2D eigenvalue weighted by molar-refractivity contribution is 6.32. The summed E-state index contributed by atoms with van der Waals surface area (Å²) in [5.41, 5.74) is 2.66. The summed E-state index contributed by atoms with van der Waals surface area (Å²) in [6.45, 7) is 7.71. The van der Waals surface area contributed by atoms with Crippen LogP contribution in [0, 0.1) is 22.7 Å². The molecule has 0 spiro atoms. The lowest BCUT2D eigenvalue weighted by atomic mass is 9.70. The van der Waals surface area contributed by atoms with E-state index in [-0.39, 0.29) is 16.9 Å². The molecule has 3 aliphatic rings. The Morgan fingerprint density at radius 3 is 2.23 bits per heavy atom. The molecule has 5 nitrogen and oxygen atoms in total. The Morgan fingerprint density at radius 1 is 0.949 bits per heavy atom. The molecule has 3 aromatic rings. The summed E-state index contributed by atoms with van der Waals surface area (Å²) in [7, 11) is 0. The summed E-state index contributed by atoms with van der Waals surface area (Å²) in [5, 5.41) is 0.292. The van der Waals surface area contributed by atoms with E-state index in [9.17, 15) is 4.79 Å². The highest BCUT2D eigenvalue weighted by atomic mass is 35.5. The molecule has 39 heavy (non-hydrogen) atoms. The van der Waals surface area contributed by atoms with E-state index in [4.69, 9.17) is 30.5 Å². The zero-order valence-electron chi connectivity index (χ0n) is 22.7. The summed E-state index contributed by atoms with van der Waals surface area (Å²) < 4.78 is 24.5. The van der Waals surface area contributed by atoms with E-state index in [1.807, 2.05) is 60.7 Å². The maximum absolute atomic E-state index is 13.3. The molecule has 2 saturated carbocycles. The third kappa shape index (κ3) is 4.70. The lowest BCUT2D eigenvalue weighted by Gasteiger charge is -2.38. The van der Waals surface area contributed by atoms with Crippen molar-refractivity contribution in [1.82, 2.24) is 0 Å². The highest BCUT2D eigenvalue weighted by Crippen LogP contribution is 2.71. The van der Waals surface area contributed by atoms with Gasteiger partial charge in [0.25, 0.3) is 0 Å². The second kappa shape index (κ2) is 10.2. The quantitative estimate of drug-likeness (QED) is 0.269. The fourth-order valence-electron chi connectivity index (χ4n) is 7.15. The van der Waals surface area contributed by atoms with Crippen molar-refractivity contribution in [2.45, 2.75) is 65.6 Å². The molecule has 0 unspecified atom stereocenters. The molecule has 204 valence electrons. The Morgan fingerprint density at radius 2 is 1.59 bits per heavy atom. The number of carbonyl (C=O) groups is 1. The molecule has 3 aromatic carbocycles. The van der Waals surface area contributed by atoms with Crippen LogP contribution in [0.15, 0.2) is 72.8 Å². The number of carbonyl (C=O) groups excluding carboxylic acids is 1. The first-order valence-corrected chi connectivity index (χ1v) is 14.2. The first-order chi connectivity index (χ1) is 18.8. The van der Waals surface area contributed by atoms with E-state index in [0.29, 0.717) is 47.1 Å². The first kappa shape index (κ1) is 26.2. The minimum Gasteiger partial charge on any atom is -0.485 e. The number of rotatable bonds is 8. The van der Waals surface area contributed by atoms with Crippen LogP contribution < -0.4 is 9.47 Å². The number of esters is 1. The van der Waals surface area contributed by atoms with Crippen LogP contribution in [0.1, 0.15) is 61.5 Å². The topological polar surface area (TPSA) is 54.0 Å². The normalized spacial score (nSPS) is 28.2. The van der Waals surface area contributed by atoms with Crippen molar-refractivity contribution in [3.63, 3.8) is 0 Å². The van der Waals surface area contributed by atoms with Crippen LogP contribution >= 0.6 is 11.6 Å². The van der Waals surface area contributed by atoms with Gasteiger partial charge in [0.2, 0.25) is 6.29 Å². The van der Waals surface area contributed by atoms with Gasteiger partial charge in [0, 0.05) is 6.42 Å². The first-order valence-electron chi connectivity index (χ1n) is 13.8. The smallest absolute Gasteiger partial charge is 0.340 e. The van der Waals surface area contributed by atoms with Gasteiger partial charge in [-0.25, -0.2) is 4.79 Å². The van der Waals surface area contributed by atoms with Crippen molar-refractivity contribution in [3.8, 4) is 11.5 Å². The molecule has 1 heterocycles. The second-order valence-electron chi connectivity index (χ2n) is 11.9. The monoisotopic (exact) mass is 546 g/mol. The standard InChI is InChI=1S/C33H35ClO5/c1-32(2)25-14-15-33(32,3)30-24(25)18-28(38-30)39-31(35)23-16-26(34)29(37-20-22-12-8-5-9-13-22)27(17-23)36-19-21-10-6-4-7-11-21/h4-13,16-17,24-25,28,30H,14-15,18-20H2,1-3H3/t24-,25-,28+,30-,33+/m1/s1. The van der Waals surface area contributed by atoms with Crippen LogP contribution in [-0.2, 0) is 22.7 Å². The van der Waals surface area contributed by atoms with Crippen molar-refractivity contribution in [3.05, 3.63) is 94.5 Å². The van der Waals surface area contributed by atoms with E-state index < -0.39 is 12.3 Å². The fraction of sp³-hybridized carbons (Fsp3) is 0.424. The minimum absolute atomic E-state index is 0.114. The largest absolute Gasteiger partial charge is 0.485 e. The molecule has 0 N–H and O–H groups in total. The SMILES string of the molecule is CC1(C)[C@@H]2CC[C@@]1(C)[C@@H]1O[C@@H](OC(=O)c3cc(Cl)c(OCc4ccccc4)c(OCc4ccccc4)c3)C[C@H]21. The average Bonchev–Trinajstić information content (AvgIpc) is 3.50. The molecule has 1 aliphatic heterocycles. The van der Waals surface area contributed by atoms with Gasteiger partial charge in [-0.1, -0.05) is 93.0 Å². The Bertz CT molecular complexity index is 1340. The highest BCUT2D eigenvalue weighted by Gasteiger charge is 2.69. The van der Waals surface area contributed by atoms with Crippen molar-refractivity contribution in [2.24, 2.45) is 22.7 Å². The van der Waals surface area contributed by atoms with Gasteiger partial charge in [0.1, 0.15) is 13.2 Å². The number of ether oxygens (including phenoxy) is 4. The van der Waals surface area contributed by atoms with Gasteiger partial charge in [-0.05, 0) is 58.8 Å². The van der Waals surface area contributed by atoms with Gasteiger partial charge in [-0.15, -0.1) is 0 Å².